The van der Waals surface area contributed by atoms with Crippen LogP contribution in [0.1, 0.15) is 37.9 Å². The van der Waals surface area contributed by atoms with Gasteiger partial charge in [0.15, 0.2) is 5.11 Å². The number of aromatic nitrogens is 2. The highest BCUT2D eigenvalue weighted by molar-refractivity contribution is 7.80. The van der Waals surface area contributed by atoms with Gasteiger partial charge in [0.1, 0.15) is 5.82 Å². The number of hydrogen-bond acceptors (Lipinski definition) is 4. The first kappa shape index (κ1) is 17.4. The zero-order valence-corrected chi connectivity index (χ0v) is 15.6. The summed E-state index contributed by atoms with van der Waals surface area (Å²) in [6.45, 7) is 2.30. The van der Waals surface area contributed by atoms with Gasteiger partial charge < -0.3 is 15.4 Å². The number of anilines is 1. The molecule has 1 aromatic carbocycles. The van der Waals surface area contributed by atoms with Crippen molar-refractivity contribution in [1.82, 2.24) is 14.9 Å². The molecule has 0 bridgehead atoms. The van der Waals surface area contributed by atoms with Crippen molar-refractivity contribution in [2.24, 2.45) is 0 Å². The fraction of sp³-hybridized carbons (Fsp3) is 0.526. The largest absolute Gasteiger partial charge is 0.376 e. The molecule has 1 saturated heterocycles. The molecule has 3 heterocycles. The quantitative estimate of drug-likeness (QED) is 0.808. The van der Waals surface area contributed by atoms with Crippen LogP contribution in [-0.4, -0.2) is 33.9 Å². The van der Waals surface area contributed by atoms with Crippen molar-refractivity contribution >= 4 is 33.9 Å². The molecule has 1 fully saturated rings. The zero-order chi connectivity index (χ0) is 17.9. The monoisotopic (exact) mass is 372 g/mol. The van der Waals surface area contributed by atoms with Gasteiger partial charge in [0.25, 0.3) is 5.56 Å². The number of ether oxygens (including phenoxy) is 1. The highest BCUT2D eigenvalue weighted by atomic mass is 32.1. The maximum absolute atomic E-state index is 12.9. The molecule has 138 valence electrons. The summed E-state index contributed by atoms with van der Waals surface area (Å²) in [5, 5.41) is 7.54. The summed E-state index contributed by atoms with van der Waals surface area (Å²) in [5.74, 6) is 0.912. The van der Waals surface area contributed by atoms with Crippen LogP contribution in [0.25, 0.3) is 10.9 Å². The van der Waals surface area contributed by atoms with Crippen molar-refractivity contribution in [2.45, 2.75) is 51.2 Å². The molecule has 2 aliphatic rings. The van der Waals surface area contributed by atoms with Crippen LogP contribution in [0.5, 0.6) is 0 Å². The minimum atomic E-state index is 0.0498. The average Bonchev–Trinajstić information content (AvgIpc) is 3.05. The average molecular weight is 372 g/mol. The predicted molar refractivity (Wildman–Crippen MR) is 107 cm³/mol. The number of fused-ring (bicyclic) bond motifs is 2. The molecule has 2 aromatic rings. The fourth-order valence-electron chi connectivity index (χ4n) is 3.68. The van der Waals surface area contributed by atoms with Crippen LogP contribution >= 0.6 is 12.2 Å². The topological polar surface area (TPSA) is 68.2 Å². The number of benzene rings is 1. The van der Waals surface area contributed by atoms with E-state index in [0.29, 0.717) is 17.0 Å². The zero-order valence-electron chi connectivity index (χ0n) is 14.8. The van der Waals surface area contributed by atoms with E-state index in [4.69, 9.17) is 21.9 Å². The van der Waals surface area contributed by atoms with Gasteiger partial charge in [-0.15, -0.1) is 0 Å². The first-order chi connectivity index (χ1) is 12.7. The number of nitrogens with zero attached hydrogens (tertiary/aromatic N) is 2. The molecule has 0 spiro atoms. The van der Waals surface area contributed by atoms with Crippen LogP contribution in [0, 0.1) is 0 Å². The highest BCUT2D eigenvalue weighted by Crippen LogP contribution is 2.18. The molecule has 0 aliphatic carbocycles. The van der Waals surface area contributed by atoms with E-state index in [9.17, 15) is 4.79 Å². The number of hydrogen-bond donors (Lipinski definition) is 2. The Morgan fingerprint density at radius 2 is 2.23 bits per heavy atom. The van der Waals surface area contributed by atoms with Gasteiger partial charge in [-0.05, 0) is 56.1 Å². The van der Waals surface area contributed by atoms with E-state index in [1.54, 1.807) is 0 Å². The SMILES string of the molecule is O=c1c2cc(NC(=S)NC[C@@H]3CCCO3)ccc2nc2n1CCCCC2. The van der Waals surface area contributed by atoms with Crippen molar-refractivity contribution in [2.75, 3.05) is 18.5 Å². The Morgan fingerprint density at radius 1 is 1.31 bits per heavy atom. The third-order valence-corrected chi connectivity index (χ3v) is 5.33. The summed E-state index contributed by atoms with van der Waals surface area (Å²) in [7, 11) is 0. The summed E-state index contributed by atoms with van der Waals surface area (Å²) in [5.41, 5.74) is 1.61. The van der Waals surface area contributed by atoms with Crippen LogP contribution < -0.4 is 16.2 Å². The Balaban J connectivity index is 1.52. The van der Waals surface area contributed by atoms with E-state index in [2.05, 4.69) is 10.6 Å². The van der Waals surface area contributed by atoms with Crippen molar-refractivity contribution in [3.63, 3.8) is 0 Å². The van der Waals surface area contributed by atoms with E-state index >= 15 is 0 Å². The Labute approximate surface area is 157 Å². The lowest BCUT2D eigenvalue weighted by Crippen LogP contribution is -2.34. The van der Waals surface area contributed by atoms with Gasteiger partial charge in [-0.1, -0.05) is 6.42 Å². The van der Waals surface area contributed by atoms with Gasteiger partial charge in [-0.25, -0.2) is 4.98 Å². The molecule has 1 atom stereocenters. The molecule has 0 unspecified atom stereocenters. The van der Waals surface area contributed by atoms with Crippen molar-refractivity contribution in [3.8, 4) is 0 Å². The first-order valence-corrected chi connectivity index (χ1v) is 9.81. The second-order valence-corrected chi connectivity index (χ2v) is 7.41. The minimum Gasteiger partial charge on any atom is -0.376 e. The van der Waals surface area contributed by atoms with Gasteiger partial charge in [-0.2, -0.15) is 0 Å². The minimum absolute atomic E-state index is 0.0498. The Kier molecular flexibility index (Phi) is 5.17. The van der Waals surface area contributed by atoms with Crippen molar-refractivity contribution < 1.29 is 4.74 Å². The second-order valence-electron chi connectivity index (χ2n) is 7.00. The molecule has 2 N–H and O–H groups in total. The maximum Gasteiger partial charge on any atom is 0.261 e. The van der Waals surface area contributed by atoms with Gasteiger partial charge in [0, 0.05) is 31.8 Å². The lowest BCUT2D eigenvalue weighted by molar-refractivity contribution is 0.114. The lowest BCUT2D eigenvalue weighted by Gasteiger charge is -2.15. The number of nitrogens with one attached hydrogen (secondary N) is 2. The summed E-state index contributed by atoms with van der Waals surface area (Å²) in [4.78, 5) is 17.6. The molecular weight excluding hydrogens is 348 g/mol. The van der Waals surface area contributed by atoms with Crippen LogP contribution in [-0.2, 0) is 17.7 Å². The molecule has 0 radical (unpaired) electrons. The molecule has 4 rings (SSSR count). The summed E-state index contributed by atoms with van der Waals surface area (Å²) >= 11 is 5.36. The molecule has 1 aromatic heterocycles. The van der Waals surface area contributed by atoms with Crippen LogP contribution in [0.3, 0.4) is 0 Å². The summed E-state index contributed by atoms with van der Waals surface area (Å²) in [6.07, 6.45) is 6.57. The van der Waals surface area contributed by atoms with E-state index < -0.39 is 0 Å². The van der Waals surface area contributed by atoms with Gasteiger partial charge in [0.05, 0.1) is 17.0 Å². The molecule has 6 nitrogen and oxygen atoms in total. The number of thiocarbonyl (C=S) groups is 1. The molecule has 7 heteroatoms. The molecule has 2 aliphatic heterocycles. The summed E-state index contributed by atoms with van der Waals surface area (Å²) < 4.78 is 7.43. The van der Waals surface area contributed by atoms with Gasteiger partial charge >= 0.3 is 0 Å². The van der Waals surface area contributed by atoms with Gasteiger partial charge in [-0.3, -0.25) is 9.36 Å². The maximum atomic E-state index is 12.9. The molecular formula is C19H24N4O2S. The molecule has 0 amide bonds. The van der Waals surface area contributed by atoms with Crippen LogP contribution in [0.4, 0.5) is 5.69 Å². The van der Waals surface area contributed by atoms with Gasteiger partial charge in [0.2, 0.25) is 0 Å². The van der Waals surface area contributed by atoms with E-state index in [1.807, 2.05) is 22.8 Å². The number of aryl methyl sites for hydroxylation is 1. The summed E-state index contributed by atoms with van der Waals surface area (Å²) in [6, 6.07) is 5.67. The highest BCUT2D eigenvalue weighted by Gasteiger charge is 2.16. The second kappa shape index (κ2) is 7.72. The van der Waals surface area contributed by atoms with Crippen molar-refractivity contribution in [1.29, 1.82) is 0 Å². The first-order valence-electron chi connectivity index (χ1n) is 9.40. The smallest absolute Gasteiger partial charge is 0.261 e. The van der Waals surface area contributed by atoms with E-state index in [-0.39, 0.29) is 11.7 Å². The van der Waals surface area contributed by atoms with Crippen molar-refractivity contribution in [3.05, 3.63) is 34.4 Å². The van der Waals surface area contributed by atoms with Crippen LogP contribution in [0.15, 0.2) is 23.0 Å². The Bertz CT molecular complexity index is 874. The third-order valence-electron chi connectivity index (χ3n) is 5.09. The Hall–Kier alpha value is -1.99. The predicted octanol–water partition coefficient (Wildman–Crippen LogP) is 2.59. The third kappa shape index (κ3) is 3.73. The lowest BCUT2D eigenvalue weighted by atomic mass is 10.2. The molecule has 26 heavy (non-hydrogen) atoms. The number of rotatable bonds is 3. The normalized spacial score (nSPS) is 19.8. The van der Waals surface area contributed by atoms with Crippen LogP contribution in [0.2, 0.25) is 0 Å². The standard InChI is InChI=1S/C19H24N4O2S/c24-18-15-11-13(21-19(26)20-12-14-5-4-10-25-14)7-8-16(15)22-17-6-2-1-3-9-23(17)18/h7-8,11,14H,1-6,9-10,12H2,(H2,20,21,26)/t14-/m0/s1. The Morgan fingerprint density at radius 3 is 3.08 bits per heavy atom. The fourth-order valence-corrected chi connectivity index (χ4v) is 3.88. The van der Waals surface area contributed by atoms with E-state index in [0.717, 1.165) is 68.7 Å². The van der Waals surface area contributed by atoms with E-state index in [1.165, 1.54) is 0 Å². The molecule has 0 saturated carbocycles.